The molecule has 0 saturated heterocycles. The minimum Gasteiger partial charge on any atom is -0.462 e. The predicted molar refractivity (Wildman–Crippen MR) is 120 cm³/mol. The van der Waals surface area contributed by atoms with E-state index in [0.717, 1.165) is 23.5 Å². The number of esters is 1. The quantitative estimate of drug-likeness (QED) is 0.443. The van der Waals surface area contributed by atoms with Crippen molar-refractivity contribution in [2.24, 2.45) is 0 Å². The molecule has 0 aliphatic carbocycles. The standard InChI is InChI=1S/C23H28N4O4/c1-3-27(20-10-6-9-19-17(20)11-12-21(28)26-19)13-14-31-23(30)15(2)25-22(29)16-7-4-5-8-18(16)24/h4-10,15H,3,11-14,24H2,1-2H3,(H,25,29)(H,26,28)/t15-/m0/s1. The second-order valence-electron chi connectivity index (χ2n) is 7.38. The third kappa shape index (κ3) is 5.33. The summed E-state index contributed by atoms with van der Waals surface area (Å²) in [4.78, 5) is 38.4. The maximum Gasteiger partial charge on any atom is 0.328 e. The Hall–Kier alpha value is -3.55. The second-order valence-corrected chi connectivity index (χ2v) is 7.38. The first kappa shape index (κ1) is 22.1. The van der Waals surface area contributed by atoms with E-state index in [-0.39, 0.29) is 12.5 Å². The van der Waals surface area contributed by atoms with Gasteiger partial charge in [0.25, 0.3) is 5.91 Å². The number of nitrogens with one attached hydrogen (secondary N) is 2. The summed E-state index contributed by atoms with van der Waals surface area (Å²) in [6.07, 6.45) is 1.14. The monoisotopic (exact) mass is 424 g/mol. The maximum absolute atomic E-state index is 12.3. The Bertz CT molecular complexity index is 976. The van der Waals surface area contributed by atoms with Crippen LogP contribution in [0.2, 0.25) is 0 Å². The number of para-hydroxylation sites is 1. The van der Waals surface area contributed by atoms with Crippen LogP contribution in [-0.2, 0) is 20.7 Å². The third-order valence-corrected chi connectivity index (χ3v) is 5.26. The molecule has 0 unspecified atom stereocenters. The smallest absolute Gasteiger partial charge is 0.328 e. The van der Waals surface area contributed by atoms with Gasteiger partial charge in [-0.25, -0.2) is 4.79 Å². The lowest BCUT2D eigenvalue weighted by atomic mass is 10.00. The molecule has 1 aliphatic rings. The number of nitrogens with two attached hydrogens (primary N) is 1. The number of carbonyl (C=O) groups is 3. The number of anilines is 3. The van der Waals surface area contributed by atoms with Gasteiger partial charge in [-0.3, -0.25) is 9.59 Å². The molecule has 1 aliphatic heterocycles. The van der Waals surface area contributed by atoms with E-state index in [0.29, 0.717) is 30.6 Å². The highest BCUT2D eigenvalue weighted by molar-refractivity contribution is 6.00. The zero-order chi connectivity index (χ0) is 22.4. The van der Waals surface area contributed by atoms with Crippen LogP contribution in [0.1, 0.15) is 36.2 Å². The van der Waals surface area contributed by atoms with E-state index in [1.54, 1.807) is 31.2 Å². The van der Waals surface area contributed by atoms with Crippen LogP contribution < -0.4 is 21.3 Å². The Morgan fingerprint density at radius 2 is 1.97 bits per heavy atom. The average molecular weight is 425 g/mol. The molecule has 1 atom stereocenters. The molecule has 0 spiro atoms. The van der Waals surface area contributed by atoms with Gasteiger partial charge in [-0.05, 0) is 50.1 Å². The fourth-order valence-electron chi connectivity index (χ4n) is 3.57. The maximum atomic E-state index is 12.3. The summed E-state index contributed by atoms with van der Waals surface area (Å²) < 4.78 is 5.39. The Balaban J connectivity index is 1.54. The minimum absolute atomic E-state index is 0.0231. The van der Waals surface area contributed by atoms with Crippen LogP contribution in [0, 0.1) is 0 Å². The molecule has 164 valence electrons. The highest BCUT2D eigenvalue weighted by Gasteiger charge is 2.22. The van der Waals surface area contributed by atoms with E-state index < -0.39 is 17.9 Å². The Morgan fingerprint density at radius 1 is 1.19 bits per heavy atom. The summed E-state index contributed by atoms with van der Waals surface area (Å²) in [7, 11) is 0. The van der Waals surface area contributed by atoms with E-state index >= 15 is 0 Å². The van der Waals surface area contributed by atoms with Gasteiger partial charge in [0.05, 0.1) is 12.1 Å². The first-order chi connectivity index (χ1) is 14.9. The molecule has 8 nitrogen and oxygen atoms in total. The fourth-order valence-corrected chi connectivity index (χ4v) is 3.57. The zero-order valence-electron chi connectivity index (χ0n) is 17.8. The molecule has 31 heavy (non-hydrogen) atoms. The Kier molecular flexibility index (Phi) is 7.12. The lowest BCUT2D eigenvalue weighted by Gasteiger charge is -2.29. The van der Waals surface area contributed by atoms with Gasteiger partial charge in [0.2, 0.25) is 5.91 Å². The van der Waals surface area contributed by atoms with E-state index in [9.17, 15) is 14.4 Å². The lowest BCUT2D eigenvalue weighted by Crippen LogP contribution is -2.40. The van der Waals surface area contributed by atoms with Gasteiger partial charge >= 0.3 is 5.97 Å². The van der Waals surface area contributed by atoms with E-state index in [2.05, 4.69) is 15.5 Å². The third-order valence-electron chi connectivity index (χ3n) is 5.26. The van der Waals surface area contributed by atoms with Crippen molar-refractivity contribution >= 4 is 34.8 Å². The van der Waals surface area contributed by atoms with Crippen molar-refractivity contribution in [3.8, 4) is 0 Å². The van der Waals surface area contributed by atoms with E-state index in [1.165, 1.54) is 0 Å². The lowest BCUT2D eigenvalue weighted by molar-refractivity contribution is -0.145. The van der Waals surface area contributed by atoms with Crippen LogP contribution in [0.4, 0.5) is 17.1 Å². The molecule has 3 rings (SSSR count). The number of ether oxygens (including phenoxy) is 1. The number of hydrogen-bond donors (Lipinski definition) is 3. The van der Waals surface area contributed by atoms with Gasteiger partial charge in [0.1, 0.15) is 12.6 Å². The number of benzene rings is 2. The normalized spacial score (nSPS) is 13.5. The first-order valence-corrected chi connectivity index (χ1v) is 10.4. The van der Waals surface area contributed by atoms with Crippen LogP contribution in [0.3, 0.4) is 0 Å². The number of nitrogen functional groups attached to an aromatic ring is 1. The summed E-state index contributed by atoms with van der Waals surface area (Å²) >= 11 is 0. The Labute approximate surface area is 181 Å². The van der Waals surface area contributed by atoms with Crippen LogP contribution in [-0.4, -0.2) is 43.5 Å². The molecule has 4 N–H and O–H groups in total. The topological polar surface area (TPSA) is 114 Å². The number of likely N-dealkylation sites (N-methyl/N-ethyl adjacent to an activating group) is 1. The summed E-state index contributed by atoms with van der Waals surface area (Å²) in [5.41, 5.74) is 9.43. The van der Waals surface area contributed by atoms with Crippen molar-refractivity contribution in [2.45, 2.75) is 32.7 Å². The van der Waals surface area contributed by atoms with Crippen molar-refractivity contribution in [2.75, 3.05) is 35.6 Å². The van der Waals surface area contributed by atoms with Crippen LogP contribution in [0.5, 0.6) is 0 Å². The van der Waals surface area contributed by atoms with Gasteiger partial charge in [-0.15, -0.1) is 0 Å². The molecule has 0 aromatic heterocycles. The molecule has 0 bridgehead atoms. The van der Waals surface area contributed by atoms with Gasteiger partial charge in [-0.2, -0.15) is 0 Å². The van der Waals surface area contributed by atoms with Crippen molar-refractivity contribution in [3.05, 3.63) is 53.6 Å². The molecule has 2 amide bonds. The van der Waals surface area contributed by atoms with Gasteiger partial charge in [0, 0.05) is 30.0 Å². The van der Waals surface area contributed by atoms with Crippen LogP contribution in [0.15, 0.2) is 42.5 Å². The van der Waals surface area contributed by atoms with Crippen molar-refractivity contribution in [1.82, 2.24) is 5.32 Å². The molecule has 2 aromatic carbocycles. The molecular weight excluding hydrogens is 396 g/mol. The highest BCUT2D eigenvalue weighted by atomic mass is 16.5. The minimum atomic E-state index is -0.804. The van der Waals surface area contributed by atoms with Crippen molar-refractivity contribution < 1.29 is 19.1 Å². The molecule has 1 heterocycles. The number of fused-ring (bicyclic) bond motifs is 1. The molecule has 0 saturated carbocycles. The van der Waals surface area contributed by atoms with E-state index in [4.69, 9.17) is 10.5 Å². The first-order valence-electron chi connectivity index (χ1n) is 10.4. The van der Waals surface area contributed by atoms with E-state index in [1.807, 2.05) is 25.1 Å². The second kappa shape index (κ2) is 9.97. The summed E-state index contributed by atoms with van der Waals surface area (Å²) in [5.74, 6) is -0.910. The average Bonchev–Trinajstić information content (AvgIpc) is 2.76. The SMILES string of the molecule is CCN(CCOC(=O)[C@H](C)NC(=O)c1ccccc1N)c1cccc2c1CCC(=O)N2. The van der Waals surface area contributed by atoms with Gasteiger partial charge in [0.15, 0.2) is 0 Å². The van der Waals surface area contributed by atoms with Crippen molar-refractivity contribution in [3.63, 3.8) is 0 Å². The molecular formula is C23H28N4O4. The van der Waals surface area contributed by atoms with Gasteiger partial charge in [-0.1, -0.05) is 18.2 Å². The fraction of sp³-hybridized carbons (Fsp3) is 0.348. The number of nitrogens with zero attached hydrogens (tertiary/aromatic N) is 1. The summed E-state index contributed by atoms with van der Waals surface area (Å²) in [6.45, 7) is 5.00. The number of carbonyl (C=O) groups excluding carboxylic acids is 3. The molecule has 2 aromatic rings. The summed E-state index contributed by atoms with van der Waals surface area (Å²) in [6, 6.07) is 11.7. The van der Waals surface area contributed by atoms with Crippen LogP contribution >= 0.6 is 0 Å². The van der Waals surface area contributed by atoms with Crippen molar-refractivity contribution in [1.29, 1.82) is 0 Å². The number of amides is 2. The molecule has 0 fully saturated rings. The Morgan fingerprint density at radius 3 is 2.71 bits per heavy atom. The number of hydrogen-bond acceptors (Lipinski definition) is 6. The van der Waals surface area contributed by atoms with Gasteiger partial charge < -0.3 is 26.0 Å². The largest absolute Gasteiger partial charge is 0.462 e. The number of rotatable bonds is 8. The van der Waals surface area contributed by atoms with Crippen LogP contribution in [0.25, 0.3) is 0 Å². The predicted octanol–water partition coefficient (Wildman–Crippen LogP) is 2.34. The molecule has 0 radical (unpaired) electrons. The summed E-state index contributed by atoms with van der Waals surface area (Å²) in [5, 5.41) is 5.52. The zero-order valence-corrected chi connectivity index (χ0v) is 17.8. The highest BCUT2D eigenvalue weighted by Crippen LogP contribution is 2.31. The molecule has 8 heteroatoms.